The van der Waals surface area contributed by atoms with Gasteiger partial charge in [-0.15, -0.1) is 0 Å². The van der Waals surface area contributed by atoms with Crippen molar-refractivity contribution in [3.05, 3.63) is 0 Å². The van der Waals surface area contributed by atoms with Gasteiger partial charge in [0, 0.05) is 37.3 Å². The van der Waals surface area contributed by atoms with E-state index in [9.17, 15) is 13.2 Å². The van der Waals surface area contributed by atoms with E-state index in [4.69, 9.17) is 0 Å². The van der Waals surface area contributed by atoms with E-state index in [1.807, 2.05) is 0 Å². The summed E-state index contributed by atoms with van der Waals surface area (Å²) in [5, 5.41) is 2.72. The zero-order valence-electron chi connectivity index (χ0n) is 16.4. The smallest absolute Gasteiger partial charge is 0.317 e. The largest absolute Gasteiger partial charge is 0.335 e. The van der Waals surface area contributed by atoms with Crippen molar-refractivity contribution < 1.29 is 13.2 Å². The molecule has 3 unspecified atom stereocenters. The normalized spacial score (nSPS) is 35.5. The van der Waals surface area contributed by atoms with Crippen LogP contribution in [0.15, 0.2) is 0 Å². The number of likely N-dealkylation sites (tertiary alicyclic amines) is 1. The van der Waals surface area contributed by atoms with E-state index in [1.54, 1.807) is 4.90 Å². The molecule has 3 aliphatic heterocycles. The van der Waals surface area contributed by atoms with E-state index in [2.05, 4.69) is 22.0 Å². The van der Waals surface area contributed by atoms with Crippen LogP contribution in [0.3, 0.4) is 0 Å². The van der Waals surface area contributed by atoms with E-state index < -0.39 is 15.3 Å². The van der Waals surface area contributed by atoms with Crippen LogP contribution in [0.5, 0.6) is 0 Å². The van der Waals surface area contributed by atoms with Gasteiger partial charge in [-0.1, -0.05) is 12.8 Å². The second kappa shape index (κ2) is 7.87. The van der Waals surface area contributed by atoms with Gasteiger partial charge in [0.1, 0.15) is 0 Å². The summed E-state index contributed by atoms with van der Waals surface area (Å²) in [6.45, 7) is 0.966. The molecular weight excluding hydrogens is 364 g/mol. The Morgan fingerprint density at radius 2 is 1.59 bits per heavy atom. The van der Waals surface area contributed by atoms with E-state index >= 15 is 0 Å². The molecule has 154 valence electrons. The molecule has 8 heteroatoms. The van der Waals surface area contributed by atoms with Gasteiger partial charge < -0.3 is 15.1 Å². The number of rotatable bonds is 4. The second-order valence-corrected chi connectivity index (χ2v) is 11.0. The minimum absolute atomic E-state index is 0.0790. The fourth-order valence-corrected chi connectivity index (χ4v) is 7.29. The molecule has 3 saturated heterocycles. The SMILES string of the molecule is CN1C2CCC1CC(NC(=O)N1CCCC(S(=O)(=O)NC3CCCC3)C1)C2. The quantitative estimate of drug-likeness (QED) is 0.754. The first kappa shape index (κ1) is 19.5. The molecule has 4 aliphatic rings. The number of sulfonamides is 1. The summed E-state index contributed by atoms with van der Waals surface area (Å²) in [6, 6.07) is 1.40. The van der Waals surface area contributed by atoms with E-state index in [0.29, 0.717) is 31.6 Å². The third-order valence-corrected chi connectivity index (χ3v) is 9.14. The molecule has 4 rings (SSSR count). The predicted molar refractivity (Wildman–Crippen MR) is 105 cm³/mol. The highest BCUT2D eigenvalue weighted by Crippen LogP contribution is 2.34. The van der Waals surface area contributed by atoms with Gasteiger partial charge in [0.2, 0.25) is 10.0 Å². The Bertz CT molecular complexity index is 635. The Labute approximate surface area is 163 Å². The van der Waals surface area contributed by atoms with Crippen molar-refractivity contribution in [3.8, 4) is 0 Å². The van der Waals surface area contributed by atoms with Crippen molar-refractivity contribution in [1.82, 2.24) is 19.8 Å². The van der Waals surface area contributed by atoms with Crippen LogP contribution >= 0.6 is 0 Å². The predicted octanol–water partition coefficient (Wildman–Crippen LogP) is 1.65. The molecule has 2 bridgehead atoms. The number of carbonyl (C=O) groups excluding carboxylic acids is 1. The summed E-state index contributed by atoms with van der Waals surface area (Å²) >= 11 is 0. The number of nitrogens with zero attached hydrogens (tertiary/aromatic N) is 2. The van der Waals surface area contributed by atoms with E-state index in [1.165, 1.54) is 12.8 Å². The zero-order valence-corrected chi connectivity index (χ0v) is 17.2. The third kappa shape index (κ3) is 4.27. The number of nitrogens with one attached hydrogen (secondary N) is 2. The molecule has 2 N–H and O–H groups in total. The first-order chi connectivity index (χ1) is 12.9. The summed E-state index contributed by atoms with van der Waals surface area (Å²) in [4.78, 5) is 17.0. The van der Waals surface area contributed by atoms with Crippen molar-refractivity contribution in [2.24, 2.45) is 0 Å². The standard InChI is InChI=1S/C19H34N4O3S/c1-22-16-8-9-17(22)12-15(11-16)20-19(24)23-10-4-7-18(13-23)27(25,26)21-14-5-2-3-6-14/h14-18,21H,2-13H2,1H3,(H,20,24). The Kier molecular flexibility index (Phi) is 5.67. The average molecular weight is 399 g/mol. The molecule has 27 heavy (non-hydrogen) atoms. The highest BCUT2D eigenvalue weighted by molar-refractivity contribution is 7.90. The van der Waals surface area contributed by atoms with Gasteiger partial charge in [-0.05, 0) is 58.4 Å². The molecule has 1 aliphatic carbocycles. The summed E-state index contributed by atoms with van der Waals surface area (Å²) in [6.07, 6.45) is 9.95. The second-order valence-electron chi connectivity index (χ2n) is 9.02. The highest BCUT2D eigenvalue weighted by atomic mass is 32.2. The van der Waals surface area contributed by atoms with Crippen LogP contribution < -0.4 is 10.0 Å². The molecular formula is C19H34N4O3S. The lowest BCUT2D eigenvalue weighted by Crippen LogP contribution is -2.55. The molecule has 3 heterocycles. The summed E-state index contributed by atoms with van der Waals surface area (Å²) in [7, 11) is -1.17. The number of fused-ring (bicyclic) bond motifs is 2. The number of amides is 2. The van der Waals surface area contributed by atoms with Crippen LogP contribution in [0, 0.1) is 0 Å². The van der Waals surface area contributed by atoms with Crippen molar-refractivity contribution in [3.63, 3.8) is 0 Å². The lowest BCUT2D eigenvalue weighted by atomic mass is 9.98. The van der Waals surface area contributed by atoms with Crippen LogP contribution in [-0.2, 0) is 10.0 Å². The first-order valence-electron chi connectivity index (χ1n) is 10.7. The van der Waals surface area contributed by atoms with Gasteiger partial charge in [-0.25, -0.2) is 17.9 Å². The number of hydrogen-bond acceptors (Lipinski definition) is 4. The zero-order chi connectivity index (χ0) is 19.0. The molecule has 4 fully saturated rings. The van der Waals surface area contributed by atoms with Crippen LogP contribution in [0.4, 0.5) is 4.79 Å². The molecule has 2 amide bonds. The number of hydrogen-bond donors (Lipinski definition) is 2. The molecule has 0 radical (unpaired) electrons. The van der Waals surface area contributed by atoms with Crippen molar-refractivity contribution in [2.45, 2.75) is 93.6 Å². The fraction of sp³-hybridized carbons (Fsp3) is 0.947. The van der Waals surface area contributed by atoms with Gasteiger partial charge in [0.15, 0.2) is 0 Å². The molecule has 1 saturated carbocycles. The Morgan fingerprint density at radius 3 is 2.26 bits per heavy atom. The van der Waals surface area contributed by atoms with Crippen LogP contribution in [0.1, 0.15) is 64.2 Å². The van der Waals surface area contributed by atoms with E-state index in [0.717, 1.165) is 44.9 Å². The fourth-order valence-electron chi connectivity index (χ4n) is 5.54. The Hall–Kier alpha value is -0.860. The van der Waals surface area contributed by atoms with Crippen molar-refractivity contribution in [2.75, 3.05) is 20.1 Å². The number of piperidine rings is 2. The van der Waals surface area contributed by atoms with Gasteiger partial charge in [0.25, 0.3) is 0 Å². The van der Waals surface area contributed by atoms with E-state index in [-0.39, 0.29) is 18.1 Å². The molecule has 0 aromatic heterocycles. The lowest BCUT2D eigenvalue weighted by Gasteiger charge is -2.38. The maximum atomic E-state index is 12.8. The highest BCUT2D eigenvalue weighted by Gasteiger charge is 2.40. The minimum Gasteiger partial charge on any atom is -0.335 e. The third-order valence-electron chi connectivity index (χ3n) is 7.22. The summed E-state index contributed by atoms with van der Waals surface area (Å²) in [5.41, 5.74) is 0. The molecule has 0 aromatic carbocycles. The van der Waals surface area contributed by atoms with Crippen molar-refractivity contribution >= 4 is 16.1 Å². The summed E-state index contributed by atoms with van der Waals surface area (Å²) in [5.74, 6) is 0. The number of carbonyl (C=O) groups is 1. The number of urea groups is 1. The monoisotopic (exact) mass is 398 g/mol. The lowest BCUT2D eigenvalue weighted by molar-refractivity contribution is 0.139. The first-order valence-corrected chi connectivity index (χ1v) is 12.3. The average Bonchev–Trinajstić information content (AvgIpc) is 3.20. The molecule has 7 nitrogen and oxygen atoms in total. The topological polar surface area (TPSA) is 81.8 Å². The Morgan fingerprint density at radius 1 is 0.926 bits per heavy atom. The van der Waals surface area contributed by atoms with Crippen LogP contribution in [0.25, 0.3) is 0 Å². The van der Waals surface area contributed by atoms with Gasteiger partial charge in [0.05, 0.1) is 5.25 Å². The van der Waals surface area contributed by atoms with Crippen molar-refractivity contribution in [1.29, 1.82) is 0 Å². The maximum absolute atomic E-state index is 12.8. The Balaban J connectivity index is 1.31. The molecule has 0 aromatic rings. The summed E-state index contributed by atoms with van der Waals surface area (Å²) < 4.78 is 28.4. The van der Waals surface area contributed by atoms with Gasteiger partial charge in [-0.2, -0.15) is 0 Å². The van der Waals surface area contributed by atoms with Gasteiger partial charge in [-0.3, -0.25) is 0 Å². The van der Waals surface area contributed by atoms with Crippen LogP contribution in [-0.4, -0.2) is 73.8 Å². The van der Waals surface area contributed by atoms with Crippen LogP contribution in [0.2, 0.25) is 0 Å². The molecule has 3 atom stereocenters. The maximum Gasteiger partial charge on any atom is 0.317 e. The molecule has 0 spiro atoms. The minimum atomic E-state index is -3.36. The van der Waals surface area contributed by atoms with Gasteiger partial charge >= 0.3 is 6.03 Å².